The number of nitrogens with one attached hydrogen (secondary N) is 1. The van der Waals surface area contributed by atoms with E-state index in [1.54, 1.807) is 12.1 Å². The number of ether oxygens (including phenoxy) is 1. The fourth-order valence-corrected chi connectivity index (χ4v) is 2.59. The second-order valence-corrected chi connectivity index (χ2v) is 6.23. The van der Waals surface area contributed by atoms with Crippen LogP contribution in [0.5, 0.6) is 0 Å². The summed E-state index contributed by atoms with van der Waals surface area (Å²) in [5.41, 5.74) is 0.124. The van der Waals surface area contributed by atoms with E-state index < -0.39 is 17.9 Å². The molecule has 2 aromatic rings. The highest BCUT2D eigenvalue weighted by molar-refractivity contribution is 6.31. The number of amides is 1. The largest absolute Gasteiger partial charge is 0.467 e. The van der Waals surface area contributed by atoms with Crippen LogP contribution >= 0.6 is 11.6 Å². The molecule has 0 fully saturated rings. The fraction of sp³-hybridized carbons (Fsp3) is 0.412. The number of rotatable bonds is 6. The minimum Gasteiger partial charge on any atom is -0.467 e. The van der Waals surface area contributed by atoms with Crippen molar-refractivity contribution in [3.05, 3.63) is 39.9 Å². The van der Waals surface area contributed by atoms with Crippen molar-refractivity contribution in [3.63, 3.8) is 0 Å². The number of benzene rings is 1. The van der Waals surface area contributed by atoms with E-state index in [1.165, 1.54) is 24.1 Å². The van der Waals surface area contributed by atoms with Crippen LogP contribution in [0.15, 0.2) is 29.3 Å². The van der Waals surface area contributed by atoms with Gasteiger partial charge in [0, 0.05) is 5.02 Å². The average molecular weight is 366 g/mol. The predicted octanol–water partition coefficient (Wildman–Crippen LogP) is 1.75. The minimum absolute atomic E-state index is 0.0957. The topological polar surface area (TPSA) is 90.3 Å². The van der Waals surface area contributed by atoms with E-state index in [0.29, 0.717) is 22.3 Å². The van der Waals surface area contributed by atoms with Crippen LogP contribution in [0.3, 0.4) is 0 Å². The Bertz CT molecular complexity index is 849. The van der Waals surface area contributed by atoms with Gasteiger partial charge < -0.3 is 10.1 Å². The van der Waals surface area contributed by atoms with Gasteiger partial charge in [-0.15, -0.1) is 0 Å². The second-order valence-electron chi connectivity index (χ2n) is 5.79. The Kier molecular flexibility index (Phi) is 6.14. The first-order valence-corrected chi connectivity index (χ1v) is 8.27. The summed E-state index contributed by atoms with van der Waals surface area (Å²) in [6.45, 7) is 3.50. The highest BCUT2D eigenvalue weighted by Crippen LogP contribution is 2.14. The molecule has 134 valence electrons. The van der Waals surface area contributed by atoms with Gasteiger partial charge in [0.05, 0.1) is 24.3 Å². The van der Waals surface area contributed by atoms with E-state index in [2.05, 4.69) is 10.3 Å². The molecule has 0 radical (unpaired) electrons. The number of esters is 1. The molecular formula is C17H20ClN3O4. The first kappa shape index (κ1) is 18.9. The third kappa shape index (κ3) is 4.36. The lowest BCUT2D eigenvalue weighted by molar-refractivity contribution is -0.146. The molecule has 0 saturated heterocycles. The molecule has 1 aromatic heterocycles. The van der Waals surface area contributed by atoms with Gasteiger partial charge in [-0.05, 0) is 24.1 Å². The molecule has 0 unspecified atom stereocenters. The molecule has 8 heteroatoms. The van der Waals surface area contributed by atoms with Crippen LogP contribution in [0.2, 0.25) is 5.02 Å². The number of hydrogen-bond donors (Lipinski definition) is 1. The Morgan fingerprint density at radius 1 is 1.40 bits per heavy atom. The fourth-order valence-electron chi connectivity index (χ4n) is 2.41. The second kappa shape index (κ2) is 8.11. The molecule has 0 spiro atoms. The van der Waals surface area contributed by atoms with Gasteiger partial charge >= 0.3 is 5.97 Å². The zero-order valence-electron chi connectivity index (χ0n) is 14.3. The molecule has 1 amide bonds. The number of aromatic nitrogens is 2. The molecular weight excluding hydrogens is 346 g/mol. The summed E-state index contributed by atoms with van der Waals surface area (Å²) in [5.74, 6) is -1.08. The molecule has 1 heterocycles. The molecule has 0 saturated carbocycles. The van der Waals surface area contributed by atoms with Crippen molar-refractivity contribution >= 4 is 34.4 Å². The summed E-state index contributed by atoms with van der Waals surface area (Å²) in [4.78, 5) is 40.8. The summed E-state index contributed by atoms with van der Waals surface area (Å²) in [6, 6.07) is 4.03. The first-order valence-electron chi connectivity index (χ1n) is 7.89. The zero-order chi connectivity index (χ0) is 18.6. The van der Waals surface area contributed by atoms with E-state index in [4.69, 9.17) is 16.3 Å². The van der Waals surface area contributed by atoms with Crippen molar-refractivity contribution < 1.29 is 14.3 Å². The lowest BCUT2D eigenvalue weighted by Gasteiger charge is -2.22. The van der Waals surface area contributed by atoms with E-state index >= 15 is 0 Å². The third-order valence-electron chi connectivity index (χ3n) is 4.08. The molecule has 0 aliphatic heterocycles. The highest BCUT2D eigenvalue weighted by Gasteiger charge is 2.26. The normalized spacial score (nSPS) is 13.3. The third-order valence-corrected chi connectivity index (χ3v) is 4.32. The summed E-state index contributed by atoms with van der Waals surface area (Å²) in [6.07, 6.45) is 1.99. The van der Waals surface area contributed by atoms with E-state index in [1.807, 2.05) is 13.8 Å². The van der Waals surface area contributed by atoms with Gasteiger partial charge in [0.15, 0.2) is 0 Å². The van der Waals surface area contributed by atoms with Crippen molar-refractivity contribution in [3.8, 4) is 0 Å². The van der Waals surface area contributed by atoms with Crippen LogP contribution < -0.4 is 10.9 Å². The monoisotopic (exact) mass is 365 g/mol. The predicted molar refractivity (Wildman–Crippen MR) is 94.4 cm³/mol. The molecule has 1 aromatic carbocycles. The Balaban J connectivity index is 2.22. The van der Waals surface area contributed by atoms with Gasteiger partial charge in [-0.1, -0.05) is 31.9 Å². The van der Waals surface area contributed by atoms with Crippen molar-refractivity contribution in [2.45, 2.75) is 32.9 Å². The maximum atomic E-state index is 12.5. The van der Waals surface area contributed by atoms with Crippen molar-refractivity contribution in [1.29, 1.82) is 0 Å². The lowest BCUT2D eigenvalue weighted by atomic mass is 9.99. The summed E-state index contributed by atoms with van der Waals surface area (Å²) in [7, 11) is 1.27. The van der Waals surface area contributed by atoms with Gasteiger partial charge in [-0.25, -0.2) is 9.78 Å². The molecule has 0 bridgehead atoms. The molecule has 0 aliphatic carbocycles. The van der Waals surface area contributed by atoms with Crippen LogP contribution in [0, 0.1) is 5.92 Å². The van der Waals surface area contributed by atoms with Gasteiger partial charge in [0.2, 0.25) is 5.91 Å². The van der Waals surface area contributed by atoms with Gasteiger partial charge in [-0.2, -0.15) is 0 Å². The minimum atomic E-state index is -0.763. The van der Waals surface area contributed by atoms with Crippen LogP contribution in [-0.2, 0) is 20.9 Å². The number of fused-ring (bicyclic) bond motifs is 1. The standard InChI is InChI=1S/C17H20ClN3O4/c1-4-10(2)15(17(24)25-3)20-14(22)8-21-9-19-13-6-5-11(18)7-12(13)16(21)23/h5-7,9-10,15H,4,8H2,1-3H3,(H,20,22)/t10-,15-/m0/s1. The number of methoxy groups -OCH3 is 1. The van der Waals surface area contributed by atoms with Crippen LogP contribution in [-0.4, -0.2) is 34.6 Å². The van der Waals surface area contributed by atoms with Gasteiger partial charge in [0.25, 0.3) is 5.56 Å². The van der Waals surface area contributed by atoms with E-state index in [9.17, 15) is 14.4 Å². The number of nitrogens with zero attached hydrogens (tertiary/aromatic N) is 2. The van der Waals surface area contributed by atoms with Crippen LogP contribution in [0.25, 0.3) is 10.9 Å². The quantitative estimate of drug-likeness (QED) is 0.788. The highest BCUT2D eigenvalue weighted by atomic mass is 35.5. The molecule has 2 rings (SSSR count). The summed E-state index contributed by atoms with van der Waals surface area (Å²) in [5, 5.41) is 3.37. The Hall–Kier alpha value is -2.41. The maximum Gasteiger partial charge on any atom is 0.328 e. The smallest absolute Gasteiger partial charge is 0.328 e. The summed E-state index contributed by atoms with van der Waals surface area (Å²) >= 11 is 5.91. The van der Waals surface area contributed by atoms with Crippen molar-refractivity contribution in [2.24, 2.45) is 5.92 Å². The van der Waals surface area contributed by atoms with Crippen LogP contribution in [0.4, 0.5) is 0 Å². The van der Waals surface area contributed by atoms with Crippen molar-refractivity contribution in [1.82, 2.24) is 14.9 Å². The number of carbonyl (C=O) groups is 2. The first-order chi connectivity index (χ1) is 11.9. The average Bonchev–Trinajstić information content (AvgIpc) is 2.61. The Morgan fingerprint density at radius 3 is 2.76 bits per heavy atom. The van der Waals surface area contributed by atoms with E-state index in [-0.39, 0.29) is 18.0 Å². The Labute approximate surface area is 149 Å². The molecule has 1 N–H and O–H groups in total. The molecule has 0 aliphatic rings. The number of carbonyl (C=O) groups excluding carboxylic acids is 2. The molecule has 7 nitrogen and oxygen atoms in total. The van der Waals surface area contributed by atoms with E-state index in [0.717, 1.165) is 0 Å². The van der Waals surface area contributed by atoms with Gasteiger partial charge in [0.1, 0.15) is 12.6 Å². The lowest BCUT2D eigenvalue weighted by Crippen LogP contribution is -2.47. The SMILES string of the molecule is CC[C@H](C)[C@H](NC(=O)Cn1cnc2ccc(Cl)cc2c1=O)C(=O)OC. The Morgan fingerprint density at radius 2 is 2.12 bits per heavy atom. The molecule has 2 atom stereocenters. The molecule has 25 heavy (non-hydrogen) atoms. The van der Waals surface area contributed by atoms with Gasteiger partial charge in [-0.3, -0.25) is 14.2 Å². The zero-order valence-corrected chi connectivity index (χ0v) is 15.0. The summed E-state index contributed by atoms with van der Waals surface area (Å²) < 4.78 is 5.91. The maximum absolute atomic E-state index is 12.5. The number of halogens is 1. The number of hydrogen-bond acceptors (Lipinski definition) is 5. The van der Waals surface area contributed by atoms with Crippen molar-refractivity contribution in [2.75, 3.05) is 7.11 Å². The van der Waals surface area contributed by atoms with Crippen LogP contribution in [0.1, 0.15) is 20.3 Å².